The van der Waals surface area contributed by atoms with Gasteiger partial charge in [0, 0.05) is 0 Å². The summed E-state index contributed by atoms with van der Waals surface area (Å²) in [5.74, 6) is -0.125. The molecular formula is C10H9NO2Se. The summed E-state index contributed by atoms with van der Waals surface area (Å²) in [6.07, 6.45) is 0. The van der Waals surface area contributed by atoms with Crippen LogP contribution in [-0.4, -0.2) is 26.8 Å². The molecule has 0 saturated carbocycles. The topological polar surface area (TPSA) is 37.4 Å². The Morgan fingerprint density at radius 1 is 1.00 bits per heavy atom. The van der Waals surface area contributed by atoms with E-state index in [1.54, 1.807) is 12.1 Å². The van der Waals surface area contributed by atoms with Gasteiger partial charge in [-0.1, -0.05) is 0 Å². The summed E-state index contributed by atoms with van der Waals surface area (Å²) in [5.41, 5.74) is 0.693. The molecule has 0 aromatic heterocycles. The summed E-state index contributed by atoms with van der Waals surface area (Å²) >= 11 is 0.166. The minimum absolute atomic E-state index is 0.0625. The first-order valence-electron chi connectivity index (χ1n) is 4.27. The van der Waals surface area contributed by atoms with Crippen molar-refractivity contribution >= 4 is 32.5 Å². The third-order valence-electron chi connectivity index (χ3n) is 1.96. The number of benzene rings is 1. The third kappa shape index (κ3) is 1.72. The molecule has 1 aromatic carbocycles. The van der Waals surface area contributed by atoms with Gasteiger partial charge in [0.05, 0.1) is 0 Å². The molecule has 2 rings (SSSR count). The van der Waals surface area contributed by atoms with Crippen LogP contribution in [0.1, 0.15) is 0 Å². The van der Waals surface area contributed by atoms with Gasteiger partial charge in [0.25, 0.3) is 0 Å². The van der Waals surface area contributed by atoms with Gasteiger partial charge in [-0.2, -0.15) is 0 Å². The molecule has 72 valence electrons. The Hall–Kier alpha value is -1.12. The van der Waals surface area contributed by atoms with E-state index in [1.807, 2.05) is 18.2 Å². The van der Waals surface area contributed by atoms with Gasteiger partial charge in [-0.05, 0) is 0 Å². The van der Waals surface area contributed by atoms with Gasteiger partial charge in [0.15, 0.2) is 0 Å². The molecule has 3 nitrogen and oxygen atoms in total. The molecule has 14 heavy (non-hydrogen) atoms. The molecule has 4 heteroatoms. The van der Waals surface area contributed by atoms with E-state index in [-0.39, 0.29) is 26.8 Å². The summed E-state index contributed by atoms with van der Waals surface area (Å²) < 4.78 is 0. The van der Waals surface area contributed by atoms with Crippen LogP contribution in [0, 0.1) is 0 Å². The molecule has 1 aromatic rings. The fourth-order valence-corrected chi connectivity index (χ4v) is 2.85. The zero-order valence-corrected chi connectivity index (χ0v) is 9.19. The van der Waals surface area contributed by atoms with Gasteiger partial charge >= 0.3 is 87.9 Å². The predicted molar refractivity (Wildman–Crippen MR) is 54.3 cm³/mol. The minimum atomic E-state index is -0.0625. The average Bonchev–Trinajstić information content (AvgIpc) is 2.19. The van der Waals surface area contributed by atoms with E-state index in [0.29, 0.717) is 16.3 Å². The summed E-state index contributed by atoms with van der Waals surface area (Å²) in [6, 6.07) is 9.10. The zero-order valence-electron chi connectivity index (χ0n) is 7.47. The average molecular weight is 254 g/mol. The molecule has 0 spiro atoms. The Morgan fingerprint density at radius 2 is 1.57 bits per heavy atom. The molecule has 0 bridgehead atoms. The van der Waals surface area contributed by atoms with Crippen LogP contribution in [0.5, 0.6) is 0 Å². The van der Waals surface area contributed by atoms with Gasteiger partial charge in [-0.25, -0.2) is 0 Å². The van der Waals surface area contributed by atoms with Crippen molar-refractivity contribution in [3.05, 3.63) is 30.3 Å². The number of amides is 2. The summed E-state index contributed by atoms with van der Waals surface area (Å²) in [7, 11) is 0. The molecule has 1 fully saturated rings. The van der Waals surface area contributed by atoms with Crippen molar-refractivity contribution in [1.82, 2.24) is 0 Å². The van der Waals surface area contributed by atoms with Crippen LogP contribution in [0.2, 0.25) is 10.6 Å². The number of hydrogen-bond donors (Lipinski definition) is 0. The molecule has 0 atom stereocenters. The van der Waals surface area contributed by atoms with Crippen molar-refractivity contribution in [3.63, 3.8) is 0 Å². The number of imide groups is 1. The summed E-state index contributed by atoms with van der Waals surface area (Å²) in [5, 5.41) is 1.07. The fraction of sp³-hybridized carbons (Fsp3) is 0.200. The van der Waals surface area contributed by atoms with Crippen LogP contribution in [0.15, 0.2) is 30.3 Å². The van der Waals surface area contributed by atoms with E-state index in [1.165, 1.54) is 4.90 Å². The monoisotopic (exact) mass is 255 g/mol. The van der Waals surface area contributed by atoms with E-state index < -0.39 is 0 Å². The SMILES string of the molecule is O=C1C[Se]CC(=O)N1c1ccccc1. The Labute approximate surface area is 88.2 Å². The Kier molecular flexibility index (Phi) is 2.66. The van der Waals surface area contributed by atoms with Crippen LogP contribution in [0.3, 0.4) is 0 Å². The number of rotatable bonds is 1. The van der Waals surface area contributed by atoms with E-state index in [4.69, 9.17) is 0 Å². The standard InChI is InChI=1S/C10H9NO2Se/c12-9-6-14-7-10(13)11(9)8-4-2-1-3-5-8/h1-5H,6-7H2. The van der Waals surface area contributed by atoms with Crippen molar-refractivity contribution < 1.29 is 9.59 Å². The molecule has 0 radical (unpaired) electrons. The van der Waals surface area contributed by atoms with Crippen molar-refractivity contribution in [1.29, 1.82) is 0 Å². The van der Waals surface area contributed by atoms with Crippen LogP contribution in [0.25, 0.3) is 0 Å². The second-order valence-corrected chi connectivity index (χ2v) is 5.02. The quantitative estimate of drug-likeness (QED) is 0.556. The Bertz CT molecular complexity index is 348. The first-order chi connectivity index (χ1) is 6.79. The molecule has 1 aliphatic rings. The van der Waals surface area contributed by atoms with E-state index >= 15 is 0 Å². The zero-order chi connectivity index (χ0) is 9.97. The number of carbonyl (C=O) groups is 2. The molecule has 2 amide bonds. The Morgan fingerprint density at radius 3 is 2.14 bits per heavy atom. The Balaban J connectivity index is 2.32. The third-order valence-corrected chi connectivity index (χ3v) is 3.86. The van der Waals surface area contributed by atoms with Crippen LogP contribution >= 0.6 is 0 Å². The second-order valence-electron chi connectivity index (χ2n) is 2.95. The van der Waals surface area contributed by atoms with Gasteiger partial charge in [-0.3, -0.25) is 0 Å². The van der Waals surface area contributed by atoms with E-state index in [9.17, 15) is 9.59 Å². The maximum absolute atomic E-state index is 11.5. The van der Waals surface area contributed by atoms with Gasteiger partial charge in [0.2, 0.25) is 0 Å². The van der Waals surface area contributed by atoms with E-state index in [2.05, 4.69) is 0 Å². The normalized spacial score (nSPS) is 17.3. The number of hydrogen-bond acceptors (Lipinski definition) is 2. The van der Waals surface area contributed by atoms with E-state index in [0.717, 1.165) is 0 Å². The van der Waals surface area contributed by atoms with Crippen molar-refractivity contribution in [3.8, 4) is 0 Å². The molecule has 0 aliphatic carbocycles. The maximum atomic E-state index is 11.5. The molecule has 1 saturated heterocycles. The number of nitrogens with zero attached hydrogens (tertiary/aromatic N) is 1. The number of para-hydroxylation sites is 1. The molecule has 1 heterocycles. The molecule has 1 aliphatic heterocycles. The van der Waals surface area contributed by atoms with Crippen LogP contribution < -0.4 is 4.90 Å². The van der Waals surface area contributed by atoms with Gasteiger partial charge in [0.1, 0.15) is 0 Å². The van der Waals surface area contributed by atoms with Gasteiger partial charge < -0.3 is 0 Å². The van der Waals surface area contributed by atoms with Crippen LogP contribution in [0.4, 0.5) is 5.69 Å². The van der Waals surface area contributed by atoms with Crippen molar-refractivity contribution in [2.24, 2.45) is 0 Å². The predicted octanol–water partition coefficient (Wildman–Crippen LogP) is 1.10. The van der Waals surface area contributed by atoms with Crippen molar-refractivity contribution in [2.45, 2.75) is 10.6 Å². The first kappa shape index (κ1) is 9.44. The number of anilines is 1. The first-order valence-corrected chi connectivity index (χ1v) is 6.70. The molecule has 0 N–H and O–H groups in total. The fourth-order valence-electron chi connectivity index (χ4n) is 1.36. The van der Waals surface area contributed by atoms with Crippen molar-refractivity contribution in [2.75, 3.05) is 4.90 Å². The van der Waals surface area contributed by atoms with Crippen LogP contribution in [-0.2, 0) is 9.59 Å². The summed E-state index contributed by atoms with van der Waals surface area (Å²) in [6.45, 7) is 0. The summed E-state index contributed by atoms with van der Waals surface area (Å²) in [4.78, 5) is 24.3. The van der Waals surface area contributed by atoms with Gasteiger partial charge in [-0.15, -0.1) is 0 Å². The molecule has 0 unspecified atom stereocenters. The second kappa shape index (κ2) is 3.94. The number of carbonyl (C=O) groups excluding carboxylic acids is 2. The molecular weight excluding hydrogens is 245 g/mol.